The Hall–Kier alpha value is -3.82. The van der Waals surface area contributed by atoms with E-state index in [2.05, 4.69) is 21.7 Å². The summed E-state index contributed by atoms with van der Waals surface area (Å²) < 4.78 is 20.5. The van der Waals surface area contributed by atoms with E-state index >= 15 is 0 Å². The molecule has 0 aliphatic heterocycles. The number of hydrogen-bond acceptors (Lipinski definition) is 8. The number of ether oxygens (including phenoxy) is 4. The molecular formula is C18H22N4O6. The first-order chi connectivity index (χ1) is 13.5. The van der Waals surface area contributed by atoms with Crippen molar-refractivity contribution in [3.05, 3.63) is 36.4 Å². The molecule has 0 saturated carbocycles. The first-order valence-electron chi connectivity index (χ1n) is 8.07. The van der Waals surface area contributed by atoms with Gasteiger partial charge in [0.2, 0.25) is 0 Å². The van der Waals surface area contributed by atoms with Crippen LogP contribution in [0, 0.1) is 0 Å². The monoisotopic (exact) mass is 390 g/mol. The zero-order valence-electron chi connectivity index (χ0n) is 15.9. The van der Waals surface area contributed by atoms with E-state index in [1.54, 1.807) is 36.4 Å². The van der Waals surface area contributed by atoms with Gasteiger partial charge in [0.25, 0.3) is 0 Å². The standard InChI is InChI=1S/C18H22N4O6/c1-25-13-5-11(6-14(9-13)26-2)19-21-17(23)18(24)22-20-12-7-15(27-3)10-16(8-12)28-4/h5-10,19-20H,1-4H3,(H,21,23)(H,22,24). The van der Waals surface area contributed by atoms with Crippen molar-refractivity contribution >= 4 is 23.2 Å². The SMILES string of the molecule is COc1cc(NNC(=O)C(=O)NNc2cc(OC)cc(OC)c2)cc(OC)c1. The predicted molar refractivity (Wildman–Crippen MR) is 103 cm³/mol. The molecule has 0 radical (unpaired) electrons. The highest BCUT2D eigenvalue weighted by atomic mass is 16.5. The Labute approximate surface area is 162 Å². The Morgan fingerprint density at radius 2 is 0.857 bits per heavy atom. The van der Waals surface area contributed by atoms with Crippen molar-refractivity contribution in [2.24, 2.45) is 0 Å². The van der Waals surface area contributed by atoms with Crippen LogP contribution in [0.1, 0.15) is 0 Å². The number of amides is 2. The first-order valence-corrected chi connectivity index (χ1v) is 8.07. The van der Waals surface area contributed by atoms with Crippen LogP contribution in [0.3, 0.4) is 0 Å². The average Bonchev–Trinajstić information content (AvgIpc) is 2.74. The Bertz CT molecular complexity index is 729. The quantitative estimate of drug-likeness (QED) is 0.393. The van der Waals surface area contributed by atoms with Gasteiger partial charge in [0, 0.05) is 36.4 Å². The third kappa shape index (κ3) is 5.59. The Morgan fingerprint density at radius 3 is 1.11 bits per heavy atom. The van der Waals surface area contributed by atoms with Crippen molar-refractivity contribution < 1.29 is 28.5 Å². The number of rotatable bonds is 8. The summed E-state index contributed by atoms with van der Waals surface area (Å²) in [7, 11) is 6.02. The van der Waals surface area contributed by atoms with E-state index in [-0.39, 0.29) is 0 Å². The van der Waals surface area contributed by atoms with Crippen LogP contribution in [0.5, 0.6) is 23.0 Å². The summed E-state index contributed by atoms with van der Waals surface area (Å²) in [6.07, 6.45) is 0. The van der Waals surface area contributed by atoms with Crippen molar-refractivity contribution in [2.45, 2.75) is 0 Å². The van der Waals surface area contributed by atoms with Crippen LogP contribution >= 0.6 is 0 Å². The minimum atomic E-state index is -0.913. The molecule has 0 heterocycles. The number of hydrogen-bond donors (Lipinski definition) is 4. The van der Waals surface area contributed by atoms with E-state index in [9.17, 15) is 9.59 Å². The molecule has 4 N–H and O–H groups in total. The van der Waals surface area contributed by atoms with E-state index in [0.717, 1.165) is 0 Å². The molecular weight excluding hydrogens is 368 g/mol. The summed E-state index contributed by atoms with van der Waals surface area (Å²) >= 11 is 0. The maximum atomic E-state index is 12.0. The van der Waals surface area contributed by atoms with Crippen molar-refractivity contribution in [2.75, 3.05) is 39.3 Å². The van der Waals surface area contributed by atoms with Gasteiger partial charge < -0.3 is 18.9 Å². The van der Waals surface area contributed by atoms with Crippen LogP contribution in [0.25, 0.3) is 0 Å². The molecule has 0 saturated heterocycles. The maximum absolute atomic E-state index is 12.0. The summed E-state index contributed by atoms with van der Waals surface area (Å²) in [5, 5.41) is 0. The van der Waals surface area contributed by atoms with Crippen LogP contribution in [0.15, 0.2) is 36.4 Å². The predicted octanol–water partition coefficient (Wildman–Crippen LogP) is 1.31. The number of carbonyl (C=O) groups is 2. The molecule has 2 aromatic rings. The molecule has 0 aromatic heterocycles. The zero-order valence-corrected chi connectivity index (χ0v) is 15.9. The lowest BCUT2D eigenvalue weighted by molar-refractivity contribution is -0.138. The molecule has 28 heavy (non-hydrogen) atoms. The van der Waals surface area contributed by atoms with E-state index in [0.29, 0.717) is 34.4 Å². The molecule has 2 amide bonds. The second-order valence-electron chi connectivity index (χ2n) is 5.36. The van der Waals surface area contributed by atoms with Crippen molar-refractivity contribution in [3.63, 3.8) is 0 Å². The molecule has 0 fully saturated rings. The third-order valence-corrected chi connectivity index (χ3v) is 3.55. The Balaban J connectivity index is 1.92. The number of hydrazine groups is 2. The van der Waals surface area contributed by atoms with Gasteiger partial charge in [-0.1, -0.05) is 0 Å². The van der Waals surface area contributed by atoms with Gasteiger partial charge in [-0.15, -0.1) is 0 Å². The molecule has 150 valence electrons. The Kier molecular flexibility index (Phi) is 7.14. The van der Waals surface area contributed by atoms with Gasteiger partial charge >= 0.3 is 11.8 Å². The average molecular weight is 390 g/mol. The van der Waals surface area contributed by atoms with E-state index < -0.39 is 11.8 Å². The van der Waals surface area contributed by atoms with Gasteiger partial charge in [0.1, 0.15) is 23.0 Å². The second kappa shape index (κ2) is 9.76. The third-order valence-electron chi connectivity index (χ3n) is 3.55. The fourth-order valence-electron chi connectivity index (χ4n) is 2.13. The van der Waals surface area contributed by atoms with Crippen LogP contribution in [0.4, 0.5) is 11.4 Å². The molecule has 0 bridgehead atoms. The van der Waals surface area contributed by atoms with Crippen molar-refractivity contribution in [3.8, 4) is 23.0 Å². The minimum Gasteiger partial charge on any atom is -0.497 e. The number of methoxy groups -OCH3 is 4. The normalized spacial score (nSPS) is 9.71. The number of carbonyl (C=O) groups excluding carboxylic acids is 2. The lowest BCUT2D eigenvalue weighted by Gasteiger charge is -2.13. The van der Waals surface area contributed by atoms with Crippen LogP contribution in [0.2, 0.25) is 0 Å². The molecule has 0 aliphatic carbocycles. The summed E-state index contributed by atoms with van der Waals surface area (Å²) in [5.41, 5.74) is 10.8. The molecule has 0 unspecified atom stereocenters. The van der Waals surface area contributed by atoms with Gasteiger partial charge in [-0.05, 0) is 0 Å². The topological polar surface area (TPSA) is 119 Å². The van der Waals surface area contributed by atoms with Crippen molar-refractivity contribution in [1.82, 2.24) is 10.9 Å². The first kappa shape index (κ1) is 20.5. The zero-order chi connectivity index (χ0) is 20.5. The van der Waals surface area contributed by atoms with Crippen LogP contribution < -0.4 is 40.7 Å². The minimum absolute atomic E-state index is 0.475. The van der Waals surface area contributed by atoms with E-state index in [4.69, 9.17) is 18.9 Å². The molecule has 2 aromatic carbocycles. The second-order valence-corrected chi connectivity index (χ2v) is 5.36. The summed E-state index contributed by atoms with van der Waals surface area (Å²) in [6.45, 7) is 0. The summed E-state index contributed by atoms with van der Waals surface area (Å²) in [5.74, 6) is 0.264. The lowest BCUT2D eigenvalue weighted by Crippen LogP contribution is -2.44. The number of nitrogens with one attached hydrogen (secondary N) is 4. The largest absolute Gasteiger partial charge is 0.497 e. The highest BCUT2D eigenvalue weighted by Crippen LogP contribution is 2.26. The van der Waals surface area contributed by atoms with Gasteiger partial charge in [-0.3, -0.25) is 31.3 Å². The highest BCUT2D eigenvalue weighted by molar-refractivity contribution is 6.35. The van der Waals surface area contributed by atoms with Gasteiger partial charge in [-0.2, -0.15) is 0 Å². The van der Waals surface area contributed by atoms with Gasteiger partial charge in [0.05, 0.1) is 39.8 Å². The number of benzene rings is 2. The fourth-order valence-corrected chi connectivity index (χ4v) is 2.13. The maximum Gasteiger partial charge on any atom is 0.329 e. The molecule has 0 spiro atoms. The van der Waals surface area contributed by atoms with Crippen LogP contribution in [-0.2, 0) is 9.59 Å². The van der Waals surface area contributed by atoms with Gasteiger partial charge in [0.15, 0.2) is 0 Å². The van der Waals surface area contributed by atoms with Gasteiger partial charge in [-0.25, -0.2) is 0 Å². The number of anilines is 2. The summed E-state index contributed by atoms with van der Waals surface area (Å²) in [6, 6.07) is 9.85. The Morgan fingerprint density at radius 1 is 0.571 bits per heavy atom. The van der Waals surface area contributed by atoms with Crippen LogP contribution in [-0.4, -0.2) is 40.3 Å². The van der Waals surface area contributed by atoms with E-state index in [1.807, 2.05) is 0 Å². The highest BCUT2D eigenvalue weighted by Gasteiger charge is 2.13. The molecule has 10 nitrogen and oxygen atoms in total. The molecule has 2 rings (SSSR count). The summed E-state index contributed by atoms with van der Waals surface area (Å²) in [4.78, 5) is 23.9. The smallest absolute Gasteiger partial charge is 0.329 e. The fraction of sp³-hybridized carbons (Fsp3) is 0.222. The molecule has 10 heteroatoms. The molecule has 0 atom stereocenters. The van der Waals surface area contributed by atoms with Crippen molar-refractivity contribution in [1.29, 1.82) is 0 Å². The molecule has 0 aliphatic rings. The lowest BCUT2D eigenvalue weighted by atomic mass is 10.3. The van der Waals surface area contributed by atoms with E-state index in [1.165, 1.54) is 28.4 Å².